The molecule has 2 rings (SSSR count). The van der Waals surface area contributed by atoms with E-state index in [1.54, 1.807) is 13.0 Å². The van der Waals surface area contributed by atoms with Gasteiger partial charge in [-0.2, -0.15) is 0 Å². The minimum atomic E-state index is -1.14. The van der Waals surface area contributed by atoms with E-state index in [9.17, 15) is 14.9 Å². The van der Waals surface area contributed by atoms with Gasteiger partial charge in [0.05, 0.1) is 4.92 Å². The Hall–Kier alpha value is -2.37. The number of nitro benzene ring substituents is 1. The zero-order valence-electron chi connectivity index (χ0n) is 8.35. The topological polar surface area (TPSA) is 96.2 Å². The summed E-state index contributed by atoms with van der Waals surface area (Å²) in [5.41, 5.74) is 0.800. The van der Waals surface area contributed by atoms with Crippen molar-refractivity contribution in [3.05, 3.63) is 39.6 Å². The number of aromatic nitrogens is 1. The number of aryl methyl sites for hydroxylation is 1. The number of benzene rings is 1. The van der Waals surface area contributed by atoms with Gasteiger partial charge in [0.2, 0.25) is 0 Å². The Bertz CT molecular complexity index is 600. The molecule has 82 valence electrons. The van der Waals surface area contributed by atoms with Gasteiger partial charge in [0, 0.05) is 11.5 Å². The minimum absolute atomic E-state index is 0.0521. The van der Waals surface area contributed by atoms with Crippen LogP contribution >= 0.6 is 0 Å². The molecule has 0 bridgehead atoms. The fraction of sp³-hybridized carbons (Fsp3) is 0.100. The second kappa shape index (κ2) is 3.34. The number of fused-ring (bicyclic) bond motifs is 1. The zero-order chi connectivity index (χ0) is 11.9. The van der Waals surface area contributed by atoms with Crippen LogP contribution in [0.15, 0.2) is 18.2 Å². The number of H-pyrrole nitrogens is 1. The fourth-order valence-corrected chi connectivity index (χ4v) is 1.63. The number of rotatable bonds is 2. The maximum Gasteiger partial charge on any atom is 0.352 e. The van der Waals surface area contributed by atoms with E-state index >= 15 is 0 Å². The van der Waals surface area contributed by atoms with Gasteiger partial charge in [-0.3, -0.25) is 10.1 Å². The molecule has 2 N–H and O–H groups in total. The van der Waals surface area contributed by atoms with Crippen LogP contribution in [-0.2, 0) is 0 Å². The van der Waals surface area contributed by atoms with Gasteiger partial charge in [0.1, 0.15) is 11.2 Å². The second-order valence-electron chi connectivity index (χ2n) is 3.49. The molecular formula is C10H8N2O4. The van der Waals surface area contributed by atoms with Crippen LogP contribution in [-0.4, -0.2) is 21.0 Å². The number of carboxylic acid groups (broad SMARTS) is 1. The molecule has 0 aliphatic rings. The maximum absolute atomic E-state index is 10.8. The number of hydrogen-bond donors (Lipinski definition) is 2. The normalized spacial score (nSPS) is 10.6. The van der Waals surface area contributed by atoms with Crippen molar-refractivity contribution in [1.29, 1.82) is 0 Å². The first-order valence-electron chi connectivity index (χ1n) is 4.50. The molecule has 0 saturated carbocycles. The lowest BCUT2D eigenvalue weighted by atomic mass is 10.1. The van der Waals surface area contributed by atoms with Crippen molar-refractivity contribution in [3.8, 4) is 0 Å². The quantitative estimate of drug-likeness (QED) is 0.598. The first kappa shape index (κ1) is 10.2. The van der Waals surface area contributed by atoms with Crippen molar-refractivity contribution < 1.29 is 14.8 Å². The summed E-state index contributed by atoms with van der Waals surface area (Å²) in [5, 5.41) is 20.1. The van der Waals surface area contributed by atoms with E-state index in [1.165, 1.54) is 12.1 Å². The minimum Gasteiger partial charge on any atom is -0.477 e. The molecule has 0 aliphatic carbocycles. The van der Waals surface area contributed by atoms with Crippen LogP contribution in [0.4, 0.5) is 5.69 Å². The molecular weight excluding hydrogens is 212 g/mol. The molecule has 0 unspecified atom stereocenters. The van der Waals surface area contributed by atoms with Crippen LogP contribution < -0.4 is 0 Å². The number of nitrogens with one attached hydrogen (secondary N) is 1. The lowest BCUT2D eigenvalue weighted by molar-refractivity contribution is -0.383. The molecule has 2 aromatic rings. The van der Waals surface area contributed by atoms with Gasteiger partial charge in [-0.25, -0.2) is 4.79 Å². The molecule has 1 aromatic carbocycles. The number of carbonyl (C=O) groups is 1. The molecule has 6 heteroatoms. The third-order valence-corrected chi connectivity index (χ3v) is 2.28. The van der Waals surface area contributed by atoms with Gasteiger partial charge < -0.3 is 10.1 Å². The highest BCUT2D eigenvalue weighted by molar-refractivity contribution is 5.97. The monoisotopic (exact) mass is 220 g/mol. The molecule has 1 aromatic heterocycles. The Morgan fingerprint density at radius 1 is 1.44 bits per heavy atom. The van der Waals surface area contributed by atoms with Crippen molar-refractivity contribution in [2.24, 2.45) is 0 Å². The summed E-state index contributed by atoms with van der Waals surface area (Å²) in [4.78, 5) is 23.5. The van der Waals surface area contributed by atoms with Crippen LogP contribution in [0.5, 0.6) is 0 Å². The van der Waals surface area contributed by atoms with Gasteiger partial charge in [-0.05, 0) is 24.6 Å². The van der Waals surface area contributed by atoms with E-state index in [0.29, 0.717) is 5.39 Å². The van der Waals surface area contributed by atoms with Crippen molar-refractivity contribution >= 4 is 22.6 Å². The zero-order valence-corrected chi connectivity index (χ0v) is 8.35. The third-order valence-electron chi connectivity index (χ3n) is 2.28. The highest BCUT2D eigenvalue weighted by atomic mass is 16.6. The van der Waals surface area contributed by atoms with Gasteiger partial charge >= 0.3 is 5.97 Å². The number of non-ortho nitro benzene ring substituents is 1. The Morgan fingerprint density at radius 2 is 2.12 bits per heavy atom. The smallest absolute Gasteiger partial charge is 0.352 e. The van der Waals surface area contributed by atoms with Crippen molar-refractivity contribution in [1.82, 2.24) is 4.98 Å². The highest BCUT2D eigenvalue weighted by Gasteiger charge is 2.17. The lowest BCUT2D eigenvalue weighted by Gasteiger charge is -1.96. The predicted octanol–water partition coefficient (Wildman–Crippen LogP) is 2.08. The standard InChI is InChI=1S/C10H8N2O4/c1-5-2-6-4-7(10(13)14)11-9(6)8(3-5)12(15)16/h2-4,11H,1H3,(H,13,14). The Balaban J connectivity index is 2.80. The summed E-state index contributed by atoms with van der Waals surface area (Å²) < 4.78 is 0. The van der Waals surface area contributed by atoms with Crippen LogP contribution in [0.2, 0.25) is 0 Å². The van der Waals surface area contributed by atoms with Gasteiger partial charge in [-0.1, -0.05) is 0 Å². The van der Waals surface area contributed by atoms with E-state index in [0.717, 1.165) is 5.56 Å². The van der Waals surface area contributed by atoms with Gasteiger partial charge in [0.25, 0.3) is 5.69 Å². The Labute approximate surface area is 89.7 Å². The third kappa shape index (κ3) is 1.50. The largest absolute Gasteiger partial charge is 0.477 e. The highest BCUT2D eigenvalue weighted by Crippen LogP contribution is 2.27. The molecule has 1 heterocycles. The van der Waals surface area contributed by atoms with Crippen molar-refractivity contribution in [2.45, 2.75) is 6.92 Å². The average Bonchev–Trinajstić information content (AvgIpc) is 2.59. The molecule has 0 spiro atoms. The van der Waals surface area contributed by atoms with E-state index in [1.807, 2.05) is 0 Å². The summed E-state index contributed by atoms with van der Waals surface area (Å²) in [7, 11) is 0. The Morgan fingerprint density at radius 3 is 2.69 bits per heavy atom. The summed E-state index contributed by atoms with van der Waals surface area (Å²) >= 11 is 0. The molecule has 16 heavy (non-hydrogen) atoms. The number of nitrogens with zero attached hydrogens (tertiary/aromatic N) is 1. The molecule has 0 saturated heterocycles. The average molecular weight is 220 g/mol. The summed E-state index contributed by atoms with van der Waals surface area (Å²) in [5.74, 6) is -1.14. The van der Waals surface area contributed by atoms with Crippen LogP contribution in [0.1, 0.15) is 16.1 Å². The molecule has 0 fully saturated rings. The lowest BCUT2D eigenvalue weighted by Crippen LogP contribution is -1.95. The number of aromatic carboxylic acids is 1. The SMILES string of the molecule is Cc1cc([N+](=O)[O-])c2[nH]c(C(=O)O)cc2c1. The molecule has 0 aliphatic heterocycles. The predicted molar refractivity (Wildman–Crippen MR) is 56.6 cm³/mol. The fourth-order valence-electron chi connectivity index (χ4n) is 1.63. The first-order valence-corrected chi connectivity index (χ1v) is 4.50. The van der Waals surface area contributed by atoms with Gasteiger partial charge in [0.15, 0.2) is 0 Å². The Kier molecular flexibility index (Phi) is 2.12. The van der Waals surface area contributed by atoms with Gasteiger partial charge in [-0.15, -0.1) is 0 Å². The van der Waals surface area contributed by atoms with E-state index in [-0.39, 0.29) is 16.9 Å². The van der Waals surface area contributed by atoms with Crippen LogP contribution in [0, 0.1) is 17.0 Å². The number of nitro groups is 1. The van der Waals surface area contributed by atoms with Crippen molar-refractivity contribution in [2.75, 3.05) is 0 Å². The first-order chi connectivity index (χ1) is 7.49. The maximum atomic E-state index is 10.8. The van der Waals surface area contributed by atoms with E-state index in [2.05, 4.69) is 4.98 Å². The van der Waals surface area contributed by atoms with E-state index in [4.69, 9.17) is 5.11 Å². The molecule has 0 atom stereocenters. The van der Waals surface area contributed by atoms with Crippen molar-refractivity contribution in [3.63, 3.8) is 0 Å². The molecule has 6 nitrogen and oxygen atoms in total. The number of carboxylic acids is 1. The summed E-state index contributed by atoms with van der Waals surface area (Å²) in [6.07, 6.45) is 0. The molecule has 0 radical (unpaired) electrons. The second-order valence-corrected chi connectivity index (χ2v) is 3.49. The summed E-state index contributed by atoms with van der Waals surface area (Å²) in [6.45, 7) is 1.72. The molecule has 0 amide bonds. The summed E-state index contributed by atoms with van der Waals surface area (Å²) in [6, 6.07) is 4.49. The van der Waals surface area contributed by atoms with Crippen LogP contribution in [0.25, 0.3) is 10.9 Å². The number of hydrogen-bond acceptors (Lipinski definition) is 3. The van der Waals surface area contributed by atoms with E-state index < -0.39 is 10.9 Å². The van der Waals surface area contributed by atoms with Crippen LogP contribution in [0.3, 0.4) is 0 Å². The number of aromatic amines is 1.